The van der Waals surface area contributed by atoms with E-state index in [1.807, 2.05) is 19.2 Å². The third kappa shape index (κ3) is 11.6. The van der Waals surface area contributed by atoms with Gasteiger partial charge in [-0.2, -0.15) is 0 Å². The molecule has 0 fully saturated rings. The van der Waals surface area contributed by atoms with Gasteiger partial charge >= 0.3 is 8.56 Å². The van der Waals surface area contributed by atoms with Gasteiger partial charge in [0.25, 0.3) is 0 Å². The van der Waals surface area contributed by atoms with Crippen molar-refractivity contribution in [2.75, 3.05) is 6.54 Å². The molecule has 0 radical (unpaired) electrons. The topological polar surface area (TPSA) is 30.5 Å². The van der Waals surface area contributed by atoms with E-state index in [9.17, 15) is 0 Å². The molecule has 0 heterocycles. The van der Waals surface area contributed by atoms with Crippen molar-refractivity contribution in [3.63, 3.8) is 0 Å². The van der Waals surface area contributed by atoms with Gasteiger partial charge in [-0.15, -0.1) is 0 Å². The molecule has 0 aromatic carbocycles. The molecule has 0 unspecified atom stereocenters. The van der Waals surface area contributed by atoms with E-state index in [-0.39, 0.29) is 0 Å². The minimum absolute atomic E-state index is 0.997. The molecule has 6 heteroatoms. The minimum Gasteiger partial charge on any atom is -0.437 e. The molecule has 0 saturated heterocycles. The first-order valence-corrected chi connectivity index (χ1v) is 16.6. The highest BCUT2D eigenvalue weighted by Crippen LogP contribution is 2.25. The molecule has 0 aliphatic rings. The molecular weight excluding hydrogens is 286 g/mol. The van der Waals surface area contributed by atoms with Crippen molar-refractivity contribution >= 4 is 25.2 Å². The summed E-state index contributed by atoms with van der Waals surface area (Å²) >= 11 is 0. The zero-order chi connectivity index (χ0) is 15.2. The maximum atomic E-state index is 6.45. The fourth-order valence-corrected chi connectivity index (χ4v) is 14.7. The first-order valence-electron chi connectivity index (χ1n) is 7.22. The van der Waals surface area contributed by atoms with Crippen molar-refractivity contribution in [3.8, 4) is 0 Å². The van der Waals surface area contributed by atoms with E-state index in [4.69, 9.17) is 8.23 Å². The third-order valence-electron chi connectivity index (χ3n) is 2.28. The predicted octanol–water partition coefficient (Wildman–Crippen LogP) is 4.27. The van der Waals surface area contributed by atoms with Crippen LogP contribution >= 0.6 is 0 Å². The summed E-state index contributed by atoms with van der Waals surface area (Å²) in [7, 11) is -5.11. The van der Waals surface area contributed by atoms with E-state index in [1.165, 1.54) is 0 Å². The van der Waals surface area contributed by atoms with Gasteiger partial charge in [0.05, 0.1) is 0 Å². The molecule has 0 aliphatic carbocycles. The maximum absolute atomic E-state index is 6.45. The smallest absolute Gasteiger partial charge is 0.314 e. The lowest BCUT2D eigenvalue weighted by atomic mass is 10.5. The summed E-state index contributed by atoms with van der Waals surface area (Å²) in [4.78, 5) is 0. The van der Waals surface area contributed by atoms with Crippen molar-refractivity contribution in [3.05, 3.63) is 12.3 Å². The Kier molecular flexibility index (Phi) is 7.82. The third-order valence-corrected chi connectivity index (χ3v) is 11.9. The van der Waals surface area contributed by atoms with Gasteiger partial charge in [0.2, 0.25) is 0 Å². The lowest BCUT2D eigenvalue weighted by molar-refractivity contribution is 0.381. The van der Waals surface area contributed by atoms with Crippen LogP contribution in [0.15, 0.2) is 12.3 Å². The zero-order valence-electron chi connectivity index (χ0n) is 14.1. The van der Waals surface area contributed by atoms with Crippen LogP contribution in [0.4, 0.5) is 0 Å². The van der Waals surface area contributed by atoms with Crippen LogP contribution in [0.3, 0.4) is 0 Å². The molecule has 3 nitrogen and oxygen atoms in total. The number of nitrogens with one attached hydrogen (secondary N) is 1. The first-order chi connectivity index (χ1) is 8.47. The molecule has 19 heavy (non-hydrogen) atoms. The number of hydrogen-bond donors (Lipinski definition) is 1. The zero-order valence-corrected chi connectivity index (χ0v) is 17.1. The average molecular weight is 320 g/mol. The van der Waals surface area contributed by atoms with E-state index < -0.39 is 25.2 Å². The summed E-state index contributed by atoms with van der Waals surface area (Å²) in [6, 6.07) is 1.08. The Bertz CT molecular complexity index is 267. The molecule has 0 aromatic rings. The Labute approximate surface area is 123 Å². The van der Waals surface area contributed by atoms with Crippen LogP contribution in [0.5, 0.6) is 0 Å². The fourth-order valence-electron chi connectivity index (χ4n) is 2.13. The van der Waals surface area contributed by atoms with Gasteiger partial charge in [-0.3, -0.25) is 0 Å². The molecule has 0 saturated carbocycles. The highest BCUT2D eigenvalue weighted by molar-refractivity contribution is 6.87. The molecule has 0 amide bonds. The largest absolute Gasteiger partial charge is 0.437 e. The summed E-state index contributed by atoms with van der Waals surface area (Å²) in [5.41, 5.74) is 0. The summed E-state index contributed by atoms with van der Waals surface area (Å²) in [5.74, 6) is 0. The minimum atomic E-state index is -2.02. The monoisotopic (exact) mass is 319 g/mol. The van der Waals surface area contributed by atoms with Crippen molar-refractivity contribution in [1.82, 2.24) is 5.32 Å². The van der Waals surface area contributed by atoms with Crippen LogP contribution < -0.4 is 5.32 Å². The summed E-state index contributed by atoms with van der Waals surface area (Å²) in [6.07, 6.45) is 5.13. The van der Waals surface area contributed by atoms with Crippen molar-refractivity contribution in [2.45, 2.75) is 65.2 Å². The van der Waals surface area contributed by atoms with E-state index in [2.05, 4.69) is 51.1 Å². The van der Waals surface area contributed by atoms with Crippen LogP contribution in [-0.2, 0) is 8.23 Å². The predicted molar refractivity (Wildman–Crippen MR) is 92.7 cm³/mol. The number of rotatable bonds is 9. The Balaban J connectivity index is 4.49. The van der Waals surface area contributed by atoms with Gasteiger partial charge in [0.1, 0.15) is 0 Å². The maximum Gasteiger partial charge on any atom is 0.314 e. The Morgan fingerprint density at radius 3 is 1.74 bits per heavy atom. The van der Waals surface area contributed by atoms with Crippen LogP contribution in [-0.4, -0.2) is 31.7 Å². The van der Waals surface area contributed by atoms with Crippen molar-refractivity contribution in [2.24, 2.45) is 0 Å². The van der Waals surface area contributed by atoms with E-state index in [0.717, 1.165) is 19.0 Å². The Morgan fingerprint density at radius 1 is 0.895 bits per heavy atom. The molecule has 0 atom stereocenters. The van der Waals surface area contributed by atoms with Gasteiger partial charge in [-0.05, 0) is 71.4 Å². The second-order valence-electron chi connectivity index (χ2n) is 7.12. The fraction of sp³-hybridized carbons (Fsp3) is 0.846. The van der Waals surface area contributed by atoms with Crippen LogP contribution in [0.25, 0.3) is 0 Å². The highest BCUT2D eigenvalue weighted by atomic mass is 28.5. The van der Waals surface area contributed by atoms with E-state index in [0.29, 0.717) is 0 Å². The van der Waals surface area contributed by atoms with Gasteiger partial charge in [0, 0.05) is 6.54 Å². The van der Waals surface area contributed by atoms with E-state index >= 15 is 0 Å². The molecule has 0 rings (SSSR count). The lowest BCUT2D eigenvalue weighted by Gasteiger charge is -2.38. The molecule has 0 spiro atoms. The van der Waals surface area contributed by atoms with Gasteiger partial charge in [-0.25, -0.2) is 0 Å². The summed E-state index contributed by atoms with van der Waals surface area (Å²) in [6.45, 7) is 18.8. The Morgan fingerprint density at radius 2 is 1.37 bits per heavy atom. The molecule has 0 bridgehead atoms. The normalized spacial score (nSPS) is 14.1. The molecule has 1 N–H and O–H groups in total. The van der Waals surface area contributed by atoms with Crippen molar-refractivity contribution < 1.29 is 8.23 Å². The number of hydrogen-bond acceptors (Lipinski definition) is 3. The standard InChI is InChI=1S/C13H33NO2Si3/c1-9-11-14-12-10-13-19(8,15-17(2,3)4)16-18(5,6)7/h9,11,14H,10,12-13H2,1-8H3. The average Bonchev–Trinajstić information content (AvgIpc) is 2.10. The van der Waals surface area contributed by atoms with Crippen LogP contribution in [0.1, 0.15) is 13.3 Å². The van der Waals surface area contributed by atoms with E-state index in [1.54, 1.807) is 0 Å². The lowest BCUT2D eigenvalue weighted by Crippen LogP contribution is -2.52. The van der Waals surface area contributed by atoms with Crippen molar-refractivity contribution in [1.29, 1.82) is 0 Å². The van der Waals surface area contributed by atoms with Crippen LogP contribution in [0.2, 0.25) is 51.9 Å². The molecular formula is C13H33NO2Si3. The SMILES string of the molecule is CC=CNCCC[Si](C)(O[Si](C)(C)C)O[Si](C)(C)C. The molecule has 114 valence electrons. The second kappa shape index (κ2) is 7.78. The second-order valence-corrected chi connectivity index (χ2v) is 20.0. The summed E-state index contributed by atoms with van der Waals surface area (Å²) < 4.78 is 12.9. The highest BCUT2D eigenvalue weighted by Gasteiger charge is 2.39. The Hall–Kier alpha value is 0.111. The quantitative estimate of drug-likeness (QED) is 0.508. The first kappa shape index (κ1) is 19.1. The molecule has 0 aliphatic heterocycles. The summed E-state index contributed by atoms with van der Waals surface area (Å²) in [5, 5.41) is 3.29. The van der Waals surface area contributed by atoms with Gasteiger partial charge < -0.3 is 13.5 Å². The van der Waals surface area contributed by atoms with Gasteiger partial charge in [-0.1, -0.05) is 6.08 Å². The number of allylic oxidation sites excluding steroid dienone is 1. The van der Waals surface area contributed by atoms with Crippen LogP contribution in [0, 0.1) is 0 Å². The molecule has 0 aromatic heterocycles. The van der Waals surface area contributed by atoms with Gasteiger partial charge in [0.15, 0.2) is 16.6 Å².